The van der Waals surface area contributed by atoms with Crippen LogP contribution in [0, 0.1) is 0 Å². The van der Waals surface area contributed by atoms with E-state index in [1.165, 1.54) is 18.5 Å². The van der Waals surface area contributed by atoms with Crippen LogP contribution in [0.5, 0.6) is 0 Å². The summed E-state index contributed by atoms with van der Waals surface area (Å²) in [5, 5.41) is 6.53. The minimum Gasteiger partial charge on any atom is -0.263 e. The predicted octanol–water partition coefficient (Wildman–Crippen LogP) is 0.979. The van der Waals surface area contributed by atoms with Crippen LogP contribution in [0.3, 0.4) is 0 Å². The number of aromatic nitrogens is 3. The van der Waals surface area contributed by atoms with E-state index in [2.05, 4.69) is 19.9 Å². The first kappa shape index (κ1) is 13.0. The number of halogens is 1. The van der Waals surface area contributed by atoms with E-state index in [0.717, 1.165) is 0 Å². The molecule has 1 aromatic carbocycles. The van der Waals surface area contributed by atoms with Crippen LogP contribution in [0.2, 0.25) is 5.02 Å². The molecule has 0 saturated heterocycles. The SMILES string of the molecule is O=S(=O)(NCCc1ncn[nH]1)c1ccccc1Cl. The monoisotopic (exact) mass is 286 g/mol. The van der Waals surface area contributed by atoms with Crippen molar-refractivity contribution in [1.29, 1.82) is 0 Å². The van der Waals surface area contributed by atoms with Crippen molar-refractivity contribution < 1.29 is 8.42 Å². The zero-order chi connectivity index (χ0) is 13.0. The highest BCUT2D eigenvalue weighted by atomic mass is 35.5. The molecule has 0 fully saturated rings. The molecule has 2 rings (SSSR count). The number of sulfonamides is 1. The Hall–Kier alpha value is -1.44. The van der Waals surface area contributed by atoms with Crippen LogP contribution in [-0.4, -0.2) is 30.1 Å². The van der Waals surface area contributed by atoms with Gasteiger partial charge >= 0.3 is 0 Å². The van der Waals surface area contributed by atoms with Gasteiger partial charge in [-0.2, -0.15) is 5.10 Å². The van der Waals surface area contributed by atoms with Gasteiger partial charge in [-0.25, -0.2) is 18.1 Å². The summed E-state index contributed by atoms with van der Waals surface area (Å²) in [6, 6.07) is 6.29. The van der Waals surface area contributed by atoms with Crippen LogP contribution < -0.4 is 4.72 Å². The number of benzene rings is 1. The molecule has 0 spiro atoms. The third-order valence-corrected chi connectivity index (χ3v) is 4.21. The minimum absolute atomic E-state index is 0.0734. The second-order valence-corrected chi connectivity index (χ2v) is 5.65. The Morgan fingerprint density at radius 3 is 2.78 bits per heavy atom. The number of H-pyrrole nitrogens is 1. The lowest BCUT2D eigenvalue weighted by atomic mass is 10.4. The van der Waals surface area contributed by atoms with E-state index < -0.39 is 10.0 Å². The molecule has 2 N–H and O–H groups in total. The van der Waals surface area contributed by atoms with Crippen LogP contribution in [-0.2, 0) is 16.4 Å². The van der Waals surface area contributed by atoms with E-state index >= 15 is 0 Å². The Kier molecular flexibility index (Phi) is 3.95. The van der Waals surface area contributed by atoms with Crippen molar-refractivity contribution in [3.05, 3.63) is 41.4 Å². The zero-order valence-corrected chi connectivity index (χ0v) is 10.9. The lowest BCUT2D eigenvalue weighted by Crippen LogP contribution is -2.26. The number of aromatic amines is 1. The summed E-state index contributed by atoms with van der Waals surface area (Å²) in [6.45, 7) is 0.225. The van der Waals surface area contributed by atoms with Gasteiger partial charge in [-0.05, 0) is 12.1 Å². The Bertz CT molecular complexity index is 613. The second kappa shape index (κ2) is 5.47. The second-order valence-electron chi connectivity index (χ2n) is 3.51. The van der Waals surface area contributed by atoms with Gasteiger partial charge in [-0.15, -0.1) is 0 Å². The fourth-order valence-electron chi connectivity index (χ4n) is 1.40. The molecule has 18 heavy (non-hydrogen) atoms. The normalized spacial score (nSPS) is 11.6. The maximum Gasteiger partial charge on any atom is 0.242 e. The first-order valence-corrected chi connectivity index (χ1v) is 7.04. The van der Waals surface area contributed by atoms with Crippen molar-refractivity contribution in [3.8, 4) is 0 Å². The van der Waals surface area contributed by atoms with Gasteiger partial charge in [0.2, 0.25) is 10.0 Å². The summed E-state index contributed by atoms with van der Waals surface area (Å²) < 4.78 is 26.3. The topological polar surface area (TPSA) is 87.7 Å². The van der Waals surface area contributed by atoms with Crippen molar-refractivity contribution >= 4 is 21.6 Å². The van der Waals surface area contributed by atoms with Crippen LogP contribution in [0.25, 0.3) is 0 Å². The molecule has 0 unspecified atom stereocenters. The van der Waals surface area contributed by atoms with Gasteiger partial charge in [-0.3, -0.25) is 5.10 Å². The van der Waals surface area contributed by atoms with Crippen LogP contribution in [0.4, 0.5) is 0 Å². The lowest BCUT2D eigenvalue weighted by Gasteiger charge is -2.07. The van der Waals surface area contributed by atoms with Crippen molar-refractivity contribution in [2.45, 2.75) is 11.3 Å². The van der Waals surface area contributed by atoms with Gasteiger partial charge in [0.1, 0.15) is 17.0 Å². The lowest BCUT2D eigenvalue weighted by molar-refractivity contribution is 0.581. The molecule has 1 aromatic heterocycles. The van der Waals surface area contributed by atoms with Crippen molar-refractivity contribution in [3.63, 3.8) is 0 Å². The molecule has 6 nitrogen and oxygen atoms in total. The average Bonchev–Trinajstić information content (AvgIpc) is 2.82. The summed E-state index contributed by atoms with van der Waals surface area (Å²) in [7, 11) is -3.59. The van der Waals surface area contributed by atoms with Gasteiger partial charge in [-0.1, -0.05) is 23.7 Å². The standard InChI is InChI=1S/C10H11ClN4O2S/c11-8-3-1-2-4-9(8)18(16,17)14-6-5-10-12-7-13-15-10/h1-4,7,14H,5-6H2,(H,12,13,15). The van der Waals surface area contributed by atoms with Crippen LogP contribution >= 0.6 is 11.6 Å². The van der Waals surface area contributed by atoms with Gasteiger partial charge in [0.05, 0.1) is 5.02 Å². The summed E-state index contributed by atoms with van der Waals surface area (Å²) in [6.07, 6.45) is 1.81. The quantitative estimate of drug-likeness (QED) is 0.857. The molecule has 0 radical (unpaired) electrons. The molecule has 1 heterocycles. The first-order chi connectivity index (χ1) is 8.59. The fraction of sp³-hybridized carbons (Fsp3) is 0.200. The molecule has 2 aromatic rings. The zero-order valence-electron chi connectivity index (χ0n) is 9.30. The van der Waals surface area contributed by atoms with E-state index in [4.69, 9.17) is 11.6 Å². The van der Waals surface area contributed by atoms with Gasteiger partial charge in [0.25, 0.3) is 0 Å². The van der Waals surface area contributed by atoms with E-state index in [0.29, 0.717) is 12.2 Å². The van der Waals surface area contributed by atoms with E-state index in [1.54, 1.807) is 12.1 Å². The Morgan fingerprint density at radius 2 is 2.11 bits per heavy atom. The number of hydrogen-bond acceptors (Lipinski definition) is 4. The third-order valence-electron chi connectivity index (χ3n) is 2.24. The summed E-state index contributed by atoms with van der Waals surface area (Å²) in [5.74, 6) is 0.622. The van der Waals surface area contributed by atoms with Crippen molar-refractivity contribution in [2.24, 2.45) is 0 Å². The predicted molar refractivity (Wildman–Crippen MR) is 66.7 cm³/mol. The molecule has 0 amide bonds. The van der Waals surface area contributed by atoms with Crippen molar-refractivity contribution in [1.82, 2.24) is 19.9 Å². The highest BCUT2D eigenvalue weighted by molar-refractivity contribution is 7.89. The minimum atomic E-state index is -3.59. The number of nitrogens with one attached hydrogen (secondary N) is 2. The average molecular weight is 287 g/mol. The number of hydrogen-bond donors (Lipinski definition) is 2. The van der Waals surface area contributed by atoms with Gasteiger partial charge in [0, 0.05) is 13.0 Å². The molecule has 0 aliphatic carbocycles. The van der Waals surface area contributed by atoms with Crippen LogP contribution in [0.1, 0.15) is 5.82 Å². The highest BCUT2D eigenvalue weighted by Gasteiger charge is 2.16. The van der Waals surface area contributed by atoms with E-state index in [1.807, 2.05) is 0 Å². The first-order valence-electron chi connectivity index (χ1n) is 5.18. The van der Waals surface area contributed by atoms with E-state index in [9.17, 15) is 8.42 Å². The molecule has 96 valence electrons. The summed E-state index contributed by atoms with van der Waals surface area (Å²) in [4.78, 5) is 3.97. The molecular formula is C10H11ClN4O2S. The number of nitrogens with zero attached hydrogens (tertiary/aromatic N) is 2. The summed E-state index contributed by atoms with van der Waals surface area (Å²) in [5.41, 5.74) is 0. The smallest absolute Gasteiger partial charge is 0.242 e. The fourth-order valence-corrected chi connectivity index (χ4v) is 2.94. The maximum atomic E-state index is 11.9. The van der Waals surface area contributed by atoms with E-state index in [-0.39, 0.29) is 16.5 Å². The molecule has 0 aliphatic rings. The molecule has 0 saturated carbocycles. The Balaban J connectivity index is 2.02. The van der Waals surface area contributed by atoms with Gasteiger partial charge in [0.15, 0.2) is 0 Å². The molecule has 8 heteroatoms. The molecular weight excluding hydrogens is 276 g/mol. The highest BCUT2D eigenvalue weighted by Crippen LogP contribution is 2.19. The summed E-state index contributed by atoms with van der Waals surface area (Å²) >= 11 is 5.84. The van der Waals surface area contributed by atoms with Crippen molar-refractivity contribution in [2.75, 3.05) is 6.54 Å². The molecule has 0 bridgehead atoms. The third kappa shape index (κ3) is 3.06. The largest absolute Gasteiger partial charge is 0.263 e. The number of rotatable bonds is 5. The Morgan fingerprint density at radius 1 is 1.33 bits per heavy atom. The maximum absolute atomic E-state index is 11.9. The Labute approximate surface area is 109 Å². The molecule has 0 atom stereocenters. The molecule has 0 aliphatic heterocycles. The van der Waals surface area contributed by atoms with Crippen LogP contribution in [0.15, 0.2) is 35.5 Å². The van der Waals surface area contributed by atoms with Gasteiger partial charge < -0.3 is 0 Å².